The number of hydrogen-bond donors (Lipinski definition) is 0. The quantitative estimate of drug-likeness (QED) is 0.189. The Bertz CT molecular complexity index is 2340. The average Bonchev–Trinajstić information content (AvgIpc) is 3.59. The van der Waals surface area contributed by atoms with Gasteiger partial charge in [0, 0.05) is 0 Å². The van der Waals surface area contributed by atoms with Crippen molar-refractivity contribution in [2.75, 3.05) is 0 Å². The smallest absolute Gasteiger partial charge is 0.0991 e. The largest absolute Gasteiger partial charge is 0.192 e. The van der Waals surface area contributed by atoms with Crippen LogP contribution in [-0.2, 0) is 10.8 Å². The molecule has 0 atom stereocenters. The molecule has 1 heteroatoms. The van der Waals surface area contributed by atoms with Crippen molar-refractivity contribution < 1.29 is 0 Å². The number of rotatable bonds is 1. The molecular formula is C45H27N. The summed E-state index contributed by atoms with van der Waals surface area (Å²) in [4.78, 5) is 0. The molecule has 0 aliphatic heterocycles. The van der Waals surface area contributed by atoms with Gasteiger partial charge in [-0.2, -0.15) is 5.26 Å². The van der Waals surface area contributed by atoms with Crippen LogP contribution in [0.5, 0.6) is 0 Å². The molecule has 0 saturated carbocycles. The number of nitrogens with zero attached hydrogens (tertiary/aromatic N) is 1. The molecule has 10 rings (SSSR count). The molecule has 3 aliphatic carbocycles. The Kier molecular flexibility index (Phi) is 4.98. The Morgan fingerprint density at radius 1 is 0.326 bits per heavy atom. The second-order valence-electron chi connectivity index (χ2n) is 12.7. The minimum Gasteiger partial charge on any atom is -0.192 e. The lowest BCUT2D eigenvalue weighted by molar-refractivity contribution is 0.633. The van der Waals surface area contributed by atoms with E-state index in [2.05, 4.69) is 158 Å². The SMILES string of the molecule is N#Cc1ccc(-c2ccc3c(c2)-c2ccccc2C32c3ccccc3C3(c4ccccc4-c4ccccc43)c3ccccc32)cc1. The van der Waals surface area contributed by atoms with Gasteiger partial charge in [0.25, 0.3) is 0 Å². The lowest BCUT2D eigenvalue weighted by Gasteiger charge is -2.48. The van der Waals surface area contributed by atoms with Crippen LogP contribution in [0, 0.1) is 11.3 Å². The summed E-state index contributed by atoms with van der Waals surface area (Å²) in [6.45, 7) is 0. The highest BCUT2D eigenvalue weighted by molar-refractivity contribution is 5.94. The van der Waals surface area contributed by atoms with E-state index in [1.165, 1.54) is 66.8 Å². The lowest BCUT2D eigenvalue weighted by atomic mass is 9.52. The molecule has 2 spiro atoms. The molecule has 0 bridgehead atoms. The van der Waals surface area contributed by atoms with Gasteiger partial charge in [0.1, 0.15) is 0 Å². The van der Waals surface area contributed by atoms with Gasteiger partial charge >= 0.3 is 0 Å². The molecule has 7 aromatic carbocycles. The average molecular weight is 582 g/mol. The third kappa shape index (κ3) is 2.90. The first kappa shape index (κ1) is 25.4. The second kappa shape index (κ2) is 9.04. The second-order valence-corrected chi connectivity index (χ2v) is 12.7. The summed E-state index contributed by atoms with van der Waals surface area (Å²) in [5, 5.41) is 9.37. The molecule has 0 heterocycles. The van der Waals surface area contributed by atoms with E-state index in [-0.39, 0.29) is 0 Å². The number of nitriles is 1. The number of benzene rings is 7. The van der Waals surface area contributed by atoms with E-state index >= 15 is 0 Å². The van der Waals surface area contributed by atoms with Crippen molar-refractivity contribution in [3.8, 4) is 39.4 Å². The zero-order valence-corrected chi connectivity index (χ0v) is 25.0. The fourth-order valence-electron chi connectivity index (χ4n) is 9.16. The van der Waals surface area contributed by atoms with Crippen LogP contribution >= 0.6 is 0 Å². The normalized spacial score (nSPS) is 14.8. The van der Waals surface area contributed by atoms with Crippen LogP contribution in [0.2, 0.25) is 0 Å². The van der Waals surface area contributed by atoms with Gasteiger partial charge in [-0.25, -0.2) is 0 Å². The molecular weight excluding hydrogens is 555 g/mol. The summed E-state index contributed by atoms with van der Waals surface area (Å²) in [6.07, 6.45) is 0. The molecule has 46 heavy (non-hydrogen) atoms. The van der Waals surface area contributed by atoms with E-state index in [1.807, 2.05) is 12.1 Å². The first-order chi connectivity index (χ1) is 22.8. The van der Waals surface area contributed by atoms with E-state index in [0.29, 0.717) is 5.56 Å². The van der Waals surface area contributed by atoms with Gasteiger partial charge in [-0.1, -0.05) is 146 Å². The zero-order valence-electron chi connectivity index (χ0n) is 25.0. The van der Waals surface area contributed by atoms with Crippen LogP contribution in [0.15, 0.2) is 164 Å². The van der Waals surface area contributed by atoms with Gasteiger partial charge in [-0.3, -0.25) is 0 Å². The van der Waals surface area contributed by atoms with Crippen molar-refractivity contribution in [2.45, 2.75) is 10.8 Å². The van der Waals surface area contributed by atoms with Gasteiger partial charge in [-0.05, 0) is 96.1 Å². The molecule has 212 valence electrons. The first-order valence-electron chi connectivity index (χ1n) is 15.9. The van der Waals surface area contributed by atoms with Crippen molar-refractivity contribution in [3.63, 3.8) is 0 Å². The maximum Gasteiger partial charge on any atom is 0.0991 e. The van der Waals surface area contributed by atoms with Crippen molar-refractivity contribution in [1.29, 1.82) is 5.26 Å². The van der Waals surface area contributed by atoms with Crippen LogP contribution in [0.3, 0.4) is 0 Å². The fourth-order valence-corrected chi connectivity index (χ4v) is 9.16. The highest BCUT2D eigenvalue weighted by Gasteiger charge is 2.58. The van der Waals surface area contributed by atoms with Crippen LogP contribution < -0.4 is 0 Å². The lowest BCUT2D eigenvalue weighted by Crippen LogP contribution is -2.43. The van der Waals surface area contributed by atoms with Crippen LogP contribution in [0.1, 0.15) is 50.1 Å². The summed E-state index contributed by atoms with van der Waals surface area (Å²) < 4.78 is 0. The Hall–Kier alpha value is -5.97. The Balaban J connectivity index is 1.34. The predicted octanol–water partition coefficient (Wildman–Crippen LogP) is 10.3. The molecule has 0 fully saturated rings. The van der Waals surface area contributed by atoms with Crippen molar-refractivity contribution >= 4 is 0 Å². The molecule has 7 aromatic rings. The molecule has 0 unspecified atom stereocenters. The summed E-state index contributed by atoms with van der Waals surface area (Å²) in [5.74, 6) is 0. The van der Waals surface area contributed by atoms with Crippen molar-refractivity contribution in [3.05, 3.63) is 214 Å². The minimum absolute atomic E-state index is 0.425. The summed E-state index contributed by atoms with van der Waals surface area (Å²) in [7, 11) is 0. The van der Waals surface area contributed by atoms with E-state index in [9.17, 15) is 5.26 Å². The summed E-state index contributed by atoms with van der Waals surface area (Å²) >= 11 is 0. The van der Waals surface area contributed by atoms with E-state index in [4.69, 9.17) is 0 Å². The maximum absolute atomic E-state index is 9.37. The van der Waals surface area contributed by atoms with Gasteiger partial charge in [0.2, 0.25) is 0 Å². The molecule has 0 amide bonds. The zero-order chi connectivity index (χ0) is 30.5. The van der Waals surface area contributed by atoms with E-state index in [1.54, 1.807) is 0 Å². The van der Waals surface area contributed by atoms with E-state index in [0.717, 1.165) is 11.1 Å². The van der Waals surface area contributed by atoms with Crippen molar-refractivity contribution in [2.24, 2.45) is 0 Å². The maximum atomic E-state index is 9.37. The third-order valence-corrected chi connectivity index (χ3v) is 10.8. The van der Waals surface area contributed by atoms with Gasteiger partial charge in [0.05, 0.1) is 22.5 Å². The number of hydrogen-bond acceptors (Lipinski definition) is 1. The Morgan fingerprint density at radius 2 is 0.674 bits per heavy atom. The molecule has 1 nitrogen and oxygen atoms in total. The summed E-state index contributed by atoms with van der Waals surface area (Å²) in [5.41, 5.74) is 18.0. The predicted molar refractivity (Wildman–Crippen MR) is 185 cm³/mol. The molecule has 3 aliphatic rings. The Labute approximate surface area is 268 Å². The van der Waals surface area contributed by atoms with Crippen LogP contribution in [0.25, 0.3) is 33.4 Å². The Morgan fingerprint density at radius 3 is 1.11 bits per heavy atom. The first-order valence-corrected chi connectivity index (χ1v) is 15.9. The monoisotopic (exact) mass is 581 g/mol. The minimum atomic E-state index is -0.472. The molecule has 0 radical (unpaired) electrons. The third-order valence-electron chi connectivity index (χ3n) is 10.8. The van der Waals surface area contributed by atoms with Crippen LogP contribution in [-0.4, -0.2) is 0 Å². The van der Waals surface area contributed by atoms with Gasteiger partial charge in [0.15, 0.2) is 0 Å². The molecule has 0 aromatic heterocycles. The standard InChI is InChI=1S/C45H27N/c46-28-29-21-23-30(24-22-29)31-25-26-39-35(27-31)34-13-3-6-16-38(34)45(39)42-19-9-7-17-40(42)44(41-18-8-10-20-43(41)45)36-14-4-1-11-32(36)33-12-2-5-15-37(33)44/h1-27H. The number of fused-ring (bicyclic) bond motifs is 16. The fraction of sp³-hybridized carbons (Fsp3) is 0.0444. The van der Waals surface area contributed by atoms with Gasteiger partial charge < -0.3 is 0 Å². The van der Waals surface area contributed by atoms with Gasteiger partial charge in [-0.15, -0.1) is 0 Å². The highest BCUT2D eigenvalue weighted by atomic mass is 14.6. The highest BCUT2D eigenvalue weighted by Crippen LogP contribution is 2.67. The van der Waals surface area contributed by atoms with Crippen LogP contribution in [0.4, 0.5) is 0 Å². The topological polar surface area (TPSA) is 23.8 Å². The van der Waals surface area contributed by atoms with Crippen molar-refractivity contribution in [1.82, 2.24) is 0 Å². The molecule has 0 N–H and O–H groups in total. The van der Waals surface area contributed by atoms with E-state index < -0.39 is 10.8 Å². The molecule has 0 saturated heterocycles. The summed E-state index contributed by atoms with van der Waals surface area (Å²) in [6, 6.07) is 62.6.